The Labute approximate surface area is 120 Å². The Bertz CT molecular complexity index is 599. The lowest BCUT2D eigenvalue weighted by Gasteiger charge is -2.11. The molecule has 1 aromatic carbocycles. The molecule has 1 heterocycles. The van der Waals surface area contributed by atoms with E-state index in [4.69, 9.17) is 11.6 Å². The van der Waals surface area contributed by atoms with Crippen molar-refractivity contribution in [3.63, 3.8) is 0 Å². The lowest BCUT2D eigenvalue weighted by molar-refractivity contribution is 1.05. The molecule has 0 aliphatic heterocycles. The van der Waals surface area contributed by atoms with E-state index >= 15 is 0 Å². The van der Waals surface area contributed by atoms with Crippen molar-refractivity contribution in [2.24, 2.45) is 0 Å². The van der Waals surface area contributed by atoms with Crippen LogP contribution in [0.3, 0.4) is 0 Å². The van der Waals surface area contributed by atoms with Crippen molar-refractivity contribution in [1.82, 2.24) is 9.97 Å². The van der Waals surface area contributed by atoms with Crippen molar-refractivity contribution in [2.75, 3.05) is 5.32 Å². The van der Waals surface area contributed by atoms with Crippen LogP contribution in [-0.4, -0.2) is 9.97 Å². The van der Waals surface area contributed by atoms with Gasteiger partial charge in [0.1, 0.15) is 0 Å². The molecule has 3 nitrogen and oxygen atoms in total. The Kier molecular flexibility index (Phi) is 3.88. The van der Waals surface area contributed by atoms with E-state index in [-0.39, 0.29) is 0 Å². The smallest absolute Gasteiger partial charge is 0.172 e. The summed E-state index contributed by atoms with van der Waals surface area (Å²) >= 11 is 9.59. The normalized spacial score (nSPS) is 10.5. The van der Waals surface area contributed by atoms with Gasteiger partial charge in [0.25, 0.3) is 0 Å². The van der Waals surface area contributed by atoms with Gasteiger partial charge >= 0.3 is 0 Å². The lowest BCUT2D eigenvalue weighted by Crippen LogP contribution is -2.01. The zero-order valence-electron chi connectivity index (χ0n) is 10.4. The second kappa shape index (κ2) is 5.24. The van der Waals surface area contributed by atoms with Gasteiger partial charge in [-0.2, -0.15) is 0 Å². The molecule has 0 fully saturated rings. The standard InChI is InChI=1S/C13H13BrClN3/c1-7-4-5-11(10(14)6-7)18-13-12(15)16-8(2)9(3)17-13/h4-6H,1-3H3,(H,17,18). The molecule has 0 saturated heterocycles. The minimum Gasteiger partial charge on any atom is -0.337 e. The lowest BCUT2D eigenvalue weighted by atomic mass is 10.2. The second-order valence-corrected chi connectivity index (χ2v) is 5.35. The molecule has 1 N–H and O–H groups in total. The number of benzene rings is 1. The summed E-state index contributed by atoms with van der Waals surface area (Å²) in [7, 11) is 0. The Morgan fingerprint density at radius 3 is 2.44 bits per heavy atom. The zero-order valence-corrected chi connectivity index (χ0v) is 12.7. The van der Waals surface area contributed by atoms with E-state index in [1.807, 2.05) is 39.0 Å². The molecule has 2 aromatic rings. The maximum atomic E-state index is 6.08. The highest BCUT2D eigenvalue weighted by Gasteiger charge is 2.09. The molecule has 0 aliphatic carbocycles. The van der Waals surface area contributed by atoms with Crippen molar-refractivity contribution >= 4 is 39.0 Å². The van der Waals surface area contributed by atoms with Crippen molar-refractivity contribution in [1.29, 1.82) is 0 Å². The van der Waals surface area contributed by atoms with E-state index < -0.39 is 0 Å². The van der Waals surface area contributed by atoms with Crippen molar-refractivity contribution in [2.45, 2.75) is 20.8 Å². The Morgan fingerprint density at radius 1 is 1.11 bits per heavy atom. The second-order valence-electron chi connectivity index (χ2n) is 4.14. The van der Waals surface area contributed by atoms with Gasteiger partial charge in [-0.05, 0) is 54.4 Å². The van der Waals surface area contributed by atoms with Crippen LogP contribution in [0.2, 0.25) is 5.15 Å². The quantitative estimate of drug-likeness (QED) is 0.879. The molecule has 0 saturated carbocycles. The van der Waals surface area contributed by atoms with Crippen LogP contribution in [0.1, 0.15) is 17.0 Å². The molecular weight excluding hydrogens is 314 g/mol. The zero-order chi connectivity index (χ0) is 13.3. The molecule has 0 aliphatic rings. The molecule has 18 heavy (non-hydrogen) atoms. The van der Waals surface area contributed by atoms with Crippen molar-refractivity contribution in [3.8, 4) is 0 Å². The summed E-state index contributed by atoms with van der Waals surface area (Å²) in [6.45, 7) is 5.84. The maximum absolute atomic E-state index is 6.08. The molecule has 0 atom stereocenters. The molecule has 0 bridgehead atoms. The van der Waals surface area contributed by atoms with Crippen LogP contribution in [0.15, 0.2) is 22.7 Å². The average Bonchev–Trinajstić information content (AvgIpc) is 2.29. The molecule has 1 aromatic heterocycles. The van der Waals surface area contributed by atoms with Crippen LogP contribution < -0.4 is 5.32 Å². The number of anilines is 2. The number of nitrogens with one attached hydrogen (secondary N) is 1. The molecule has 0 unspecified atom stereocenters. The molecule has 5 heteroatoms. The molecule has 94 valence electrons. The minimum absolute atomic E-state index is 0.380. The fourth-order valence-electron chi connectivity index (χ4n) is 1.50. The van der Waals surface area contributed by atoms with E-state index in [0.717, 1.165) is 21.5 Å². The summed E-state index contributed by atoms with van der Waals surface area (Å²) in [5, 5.41) is 3.56. The van der Waals surface area contributed by atoms with Crippen molar-refractivity contribution in [3.05, 3.63) is 44.8 Å². The first-order valence-electron chi connectivity index (χ1n) is 5.51. The largest absolute Gasteiger partial charge is 0.337 e. The Balaban J connectivity index is 2.37. The van der Waals surface area contributed by atoms with E-state index in [1.54, 1.807) is 0 Å². The van der Waals surface area contributed by atoms with Gasteiger partial charge < -0.3 is 5.32 Å². The number of aryl methyl sites for hydroxylation is 3. The molecule has 0 amide bonds. The van der Waals surface area contributed by atoms with Gasteiger partial charge in [-0.1, -0.05) is 17.7 Å². The third-order valence-corrected chi connectivity index (χ3v) is 3.56. The number of nitrogens with zero attached hydrogens (tertiary/aromatic N) is 2. The summed E-state index contributed by atoms with van der Waals surface area (Å²) in [5.41, 5.74) is 3.81. The number of hydrogen-bond acceptors (Lipinski definition) is 3. The maximum Gasteiger partial charge on any atom is 0.172 e. The van der Waals surface area contributed by atoms with E-state index in [1.165, 1.54) is 5.56 Å². The van der Waals surface area contributed by atoms with Gasteiger partial charge in [-0.25, -0.2) is 9.97 Å². The summed E-state index contributed by atoms with van der Waals surface area (Å²) < 4.78 is 0.971. The van der Waals surface area contributed by atoms with Crippen LogP contribution >= 0.6 is 27.5 Å². The molecular formula is C13H13BrClN3. The number of halogens is 2. The Morgan fingerprint density at radius 2 is 1.78 bits per heavy atom. The molecule has 0 radical (unpaired) electrons. The van der Waals surface area contributed by atoms with Gasteiger partial charge in [0.05, 0.1) is 17.1 Å². The highest BCUT2D eigenvalue weighted by Crippen LogP contribution is 2.28. The first-order valence-corrected chi connectivity index (χ1v) is 6.68. The minimum atomic E-state index is 0.380. The van der Waals surface area contributed by atoms with Crippen LogP contribution in [-0.2, 0) is 0 Å². The summed E-state index contributed by atoms with van der Waals surface area (Å²) in [6.07, 6.45) is 0. The van der Waals surface area contributed by atoms with Crippen LogP contribution in [0, 0.1) is 20.8 Å². The van der Waals surface area contributed by atoms with Gasteiger partial charge in [-0.15, -0.1) is 0 Å². The number of aromatic nitrogens is 2. The van der Waals surface area contributed by atoms with Crippen LogP contribution in [0.5, 0.6) is 0 Å². The van der Waals surface area contributed by atoms with E-state index in [2.05, 4.69) is 31.2 Å². The van der Waals surface area contributed by atoms with E-state index in [9.17, 15) is 0 Å². The van der Waals surface area contributed by atoms with Crippen LogP contribution in [0.25, 0.3) is 0 Å². The van der Waals surface area contributed by atoms with Crippen molar-refractivity contribution < 1.29 is 0 Å². The Hall–Kier alpha value is -1.13. The topological polar surface area (TPSA) is 37.8 Å². The highest BCUT2D eigenvalue weighted by atomic mass is 79.9. The SMILES string of the molecule is Cc1ccc(Nc2nc(C)c(C)nc2Cl)c(Br)c1. The monoisotopic (exact) mass is 325 g/mol. The van der Waals surface area contributed by atoms with Gasteiger partial charge in [0.15, 0.2) is 11.0 Å². The fraction of sp³-hybridized carbons (Fsp3) is 0.231. The molecule has 2 rings (SSSR count). The number of rotatable bonds is 2. The predicted octanol–water partition coefficient (Wildman–Crippen LogP) is 4.56. The van der Waals surface area contributed by atoms with Crippen LogP contribution in [0.4, 0.5) is 11.5 Å². The fourth-order valence-corrected chi connectivity index (χ4v) is 2.31. The third kappa shape index (κ3) is 2.82. The highest BCUT2D eigenvalue weighted by molar-refractivity contribution is 9.10. The summed E-state index contributed by atoms with van der Waals surface area (Å²) in [6, 6.07) is 6.03. The molecule has 0 spiro atoms. The predicted molar refractivity (Wildman–Crippen MR) is 78.7 cm³/mol. The average molecular weight is 327 g/mol. The number of hydrogen-bond donors (Lipinski definition) is 1. The first kappa shape index (κ1) is 13.3. The third-order valence-electron chi connectivity index (χ3n) is 2.64. The first-order chi connectivity index (χ1) is 8.47. The van der Waals surface area contributed by atoms with Gasteiger partial charge in [-0.3, -0.25) is 0 Å². The summed E-state index contributed by atoms with van der Waals surface area (Å²) in [5.74, 6) is 0.573. The van der Waals surface area contributed by atoms with Gasteiger partial charge in [0.2, 0.25) is 0 Å². The van der Waals surface area contributed by atoms with Gasteiger partial charge in [0, 0.05) is 4.47 Å². The van der Waals surface area contributed by atoms with E-state index in [0.29, 0.717) is 11.0 Å². The summed E-state index contributed by atoms with van der Waals surface area (Å²) in [4.78, 5) is 8.65.